The Balaban J connectivity index is 0.000000294. The van der Waals surface area contributed by atoms with E-state index < -0.39 is 0 Å². The summed E-state index contributed by atoms with van der Waals surface area (Å²) in [5.41, 5.74) is 4.29. The van der Waals surface area contributed by atoms with E-state index in [2.05, 4.69) is 93.6 Å². The van der Waals surface area contributed by atoms with Crippen LogP contribution in [0.2, 0.25) is 0 Å². The number of aryl methyl sites for hydroxylation is 3. The minimum absolute atomic E-state index is 0. The molecule has 0 aliphatic carbocycles. The molecule has 3 aromatic carbocycles. The van der Waals surface area contributed by atoms with Crippen molar-refractivity contribution in [1.82, 2.24) is 0 Å². The van der Waals surface area contributed by atoms with Crippen LogP contribution in [0.1, 0.15) is 37.5 Å². The Kier molecular flexibility index (Phi) is 13.4. The Morgan fingerprint density at radius 1 is 0.455 bits per heavy atom. The van der Waals surface area contributed by atoms with Gasteiger partial charge in [-0.25, -0.2) is 36.4 Å². The van der Waals surface area contributed by atoms with Gasteiger partial charge in [0.05, 0.1) is 0 Å². The number of hydrogen-bond donors (Lipinski definition) is 0. The zero-order chi connectivity index (χ0) is 15.3. The van der Waals surface area contributed by atoms with Crippen molar-refractivity contribution in [2.75, 3.05) is 0 Å². The van der Waals surface area contributed by atoms with Crippen LogP contribution in [0.5, 0.6) is 0 Å². The first-order chi connectivity index (χ1) is 10.3. The molecule has 0 aliphatic rings. The van der Waals surface area contributed by atoms with Gasteiger partial charge in [-0.05, 0) is 0 Å². The maximum Gasteiger partial charge on any atom is 3.00 e. The van der Waals surface area contributed by atoms with E-state index in [0.29, 0.717) is 0 Å². The molecule has 0 amide bonds. The summed E-state index contributed by atoms with van der Waals surface area (Å²) in [6.07, 6.45) is 3.48. The molecule has 0 saturated heterocycles. The van der Waals surface area contributed by atoms with Gasteiger partial charge in [-0.2, -0.15) is 53.1 Å². The van der Waals surface area contributed by atoms with Crippen LogP contribution in [0.4, 0.5) is 0 Å². The van der Waals surface area contributed by atoms with Crippen LogP contribution in [0, 0.1) is 35.6 Å². The quantitative estimate of drug-likeness (QED) is 0.465. The number of hydrogen-bond acceptors (Lipinski definition) is 0. The molecule has 0 aliphatic heterocycles. The fourth-order valence-electron chi connectivity index (χ4n) is 1.95. The summed E-state index contributed by atoms with van der Waals surface area (Å²) in [4.78, 5) is 0. The Morgan fingerprint density at radius 2 is 0.636 bits per heavy atom. The predicted octanol–water partition coefficient (Wildman–Crippen LogP) is 5.90. The first-order valence-corrected chi connectivity index (χ1v) is 7.91. The van der Waals surface area contributed by atoms with E-state index >= 15 is 0 Å². The summed E-state index contributed by atoms with van der Waals surface area (Å²) in [7, 11) is 0. The van der Waals surface area contributed by atoms with Gasteiger partial charge in [0.25, 0.3) is 0 Å². The molecule has 3 rings (SSSR count). The van der Waals surface area contributed by atoms with E-state index in [1.165, 1.54) is 16.7 Å². The van der Waals surface area contributed by atoms with Crippen LogP contribution in [0.3, 0.4) is 0 Å². The smallest absolute Gasteiger partial charge is 0.213 e. The summed E-state index contributed by atoms with van der Waals surface area (Å²) in [5, 5.41) is 0. The molecule has 1 heteroatoms. The maximum absolute atomic E-state index is 2.16. The van der Waals surface area contributed by atoms with Crippen LogP contribution in [-0.2, 0) is 19.3 Å². The molecule has 0 saturated carbocycles. The van der Waals surface area contributed by atoms with Crippen molar-refractivity contribution in [3.05, 3.63) is 89.5 Å². The second-order valence-corrected chi connectivity index (χ2v) is 4.94. The summed E-state index contributed by atoms with van der Waals surface area (Å²) < 4.78 is 0. The largest absolute Gasteiger partial charge is 3.00 e. The van der Waals surface area contributed by atoms with Crippen LogP contribution in [0.15, 0.2) is 72.8 Å². The molecule has 22 heavy (non-hydrogen) atoms. The standard InChI is InChI=1S/3C7H9.La/c3*1-2-7-5-3-4-6-7;/h3*3-6H,2H2,1H3;/q3*-1;+3. The van der Waals surface area contributed by atoms with Crippen LogP contribution in [0.25, 0.3) is 0 Å². The van der Waals surface area contributed by atoms with Crippen LogP contribution >= 0.6 is 0 Å². The number of rotatable bonds is 3. The molecule has 0 spiro atoms. The third-order valence-electron chi connectivity index (χ3n) is 3.42. The molecule has 0 atom stereocenters. The van der Waals surface area contributed by atoms with E-state index in [-0.39, 0.29) is 35.6 Å². The molecular formula is C21H27La. The van der Waals surface area contributed by atoms with Gasteiger partial charge in [0.1, 0.15) is 0 Å². The van der Waals surface area contributed by atoms with Crippen molar-refractivity contribution in [3.8, 4) is 0 Å². The SMILES string of the molecule is CC[c-]1cccc1.CC[c-]1cccc1.CC[c-]1cccc1.[La+3]. The predicted molar refractivity (Wildman–Crippen MR) is 94.2 cm³/mol. The topological polar surface area (TPSA) is 0 Å². The first kappa shape index (κ1) is 21.2. The van der Waals surface area contributed by atoms with E-state index in [9.17, 15) is 0 Å². The average Bonchev–Trinajstić information content (AvgIpc) is 3.31. The molecule has 0 bridgehead atoms. The Hall–Kier alpha value is -0.755. The average molecular weight is 418 g/mol. The molecule has 0 aromatic heterocycles. The Bertz CT molecular complexity index is 431. The molecule has 0 N–H and O–H groups in total. The second-order valence-electron chi connectivity index (χ2n) is 4.94. The van der Waals surface area contributed by atoms with Crippen molar-refractivity contribution >= 4 is 0 Å². The second kappa shape index (κ2) is 13.9. The van der Waals surface area contributed by atoms with Gasteiger partial charge in [-0.1, -0.05) is 40.0 Å². The maximum atomic E-state index is 2.16. The molecule has 0 radical (unpaired) electrons. The van der Waals surface area contributed by atoms with Gasteiger partial charge in [-0.3, -0.25) is 0 Å². The summed E-state index contributed by atoms with van der Waals surface area (Å²) in [6, 6.07) is 25.2. The zero-order valence-electron chi connectivity index (χ0n) is 14.1. The van der Waals surface area contributed by atoms with E-state index in [1.54, 1.807) is 0 Å². The first-order valence-electron chi connectivity index (χ1n) is 7.91. The van der Waals surface area contributed by atoms with Crippen molar-refractivity contribution in [2.24, 2.45) is 0 Å². The van der Waals surface area contributed by atoms with Crippen molar-refractivity contribution in [1.29, 1.82) is 0 Å². The van der Waals surface area contributed by atoms with E-state index in [0.717, 1.165) is 19.3 Å². The third-order valence-corrected chi connectivity index (χ3v) is 3.42. The van der Waals surface area contributed by atoms with Crippen molar-refractivity contribution in [2.45, 2.75) is 40.0 Å². The minimum atomic E-state index is 0. The Morgan fingerprint density at radius 3 is 0.727 bits per heavy atom. The van der Waals surface area contributed by atoms with Gasteiger partial charge in [0.2, 0.25) is 0 Å². The van der Waals surface area contributed by atoms with Gasteiger partial charge in [0.15, 0.2) is 0 Å². The van der Waals surface area contributed by atoms with Crippen molar-refractivity contribution < 1.29 is 35.6 Å². The van der Waals surface area contributed by atoms with Crippen LogP contribution in [-0.4, -0.2) is 0 Å². The molecule has 0 unspecified atom stereocenters. The molecule has 0 nitrogen and oxygen atoms in total. The summed E-state index contributed by atoms with van der Waals surface area (Å²) in [6.45, 7) is 6.49. The van der Waals surface area contributed by atoms with Gasteiger partial charge < -0.3 is 0 Å². The summed E-state index contributed by atoms with van der Waals surface area (Å²) in [5.74, 6) is 0. The molecule has 0 fully saturated rings. The fraction of sp³-hybridized carbons (Fsp3) is 0.286. The summed E-state index contributed by atoms with van der Waals surface area (Å²) >= 11 is 0. The zero-order valence-corrected chi connectivity index (χ0v) is 17.8. The van der Waals surface area contributed by atoms with E-state index in [1.807, 2.05) is 0 Å². The van der Waals surface area contributed by atoms with E-state index in [4.69, 9.17) is 0 Å². The minimum Gasteiger partial charge on any atom is -0.213 e. The Labute approximate surface area is 164 Å². The third kappa shape index (κ3) is 9.30. The van der Waals surface area contributed by atoms with Gasteiger partial charge in [0, 0.05) is 0 Å². The fourth-order valence-corrected chi connectivity index (χ4v) is 1.95. The normalized spacial score (nSPS) is 8.86. The molecule has 3 aromatic rings. The molecule has 0 heterocycles. The van der Waals surface area contributed by atoms with Crippen molar-refractivity contribution in [3.63, 3.8) is 0 Å². The monoisotopic (exact) mass is 418 g/mol. The molecule has 114 valence electrons. The van der Waals surface area contributed by atoms with Gasteiger partial charge in [-0.15, -0.1) is 0 Å². The van der Waals surface area contributed by atoms with Crippen LogP contribution < -0.4 is 0 Å². The molecular weight excluding hydrogens is 391 g/mol. The van der Waals surface area contributed by atoms with Gasteiger partial charge >= 0.3 is 35.6 Å².